The van der Waals surface area contributed by atoms with Gasteiger partial charge < -0.3 is 5.11 Å². The van der Waals surface area contributed by atoms with E-state index in [9.17, 15) is 18.3 Å². The van der Waals surface area contributed by atoms with Gasteiger partial charge in [-0.25, -0.2) is 13.2 Å². The Morgan fingerprint density at radius 3 is 1.83 bits per heavy atom. The van der Waals surface area contributed by atoms with Crippen LogP contribution in [0.2, 0.25) is 0 Å². The number of hydrogen-bond acceptors (Lipinski definition) is 1. The first-order valence-corrected chi connectivity index (χ1v) is 5.36. The summed E-state index contributed by atoms with van der Waals surface area (Å²) in [6.45, 7) is 2.91. The Bertz CT molecular complexity index is 565. The van der Waals surface area contributed by atoms with E-state index in [1.807, 2.05) is 0 Å². The van der Waals surface area contributed by atoms with Crippen molar-refractivity contribution < 1.29 is 18.3 Å². The molecule has 2 aromatic rings. The van der Waals surface area contributed by atoms with Gasteiger partial charge in [-0.3, -0.25) is 0 Å². The Morgan fingerprint density at radius 2 is 1.22 bits per heavy atom. The molecule has 0 spiro atoms. The average molecular weight is 252 g/mol. The van der Waals surface area contributed by atoms with Crippen LogP contribution in [-0.4, -0.2) is 5.11 Å². The van der Waals surface area contributed by atoms with Crippen LogP contribution in [0.5, 0.6) is 5.75 Å². The van der Waals surface area contributed by atoms with Crippen LogP contribution < -0.4 is 0 Å². The van der Waals surface area contributed by atoms with E-state index in [-0.39, 0.29) is 22.3 Å². The fraction of sp³-hybridized carbons (Fsp3) is 0.143. The van der Waals surface area contributed by atoms with Gasteiger partial charge in [0.05, 0.1) is 0 Å². The highest BCUT2D eigenvalue weighted by Gasteiger charge is 2.17. The van der Waals surface area contributed by atoms with E-state index < -0.39 is 23.2 Å². The Balaban J connectivity index is 2.71. The van der Waals surface area contributed by atoms with Gasteiger partial charge in [-0.1, -0.05) is 24.3 Å². The lowest BCUT2D eigenvalue weighted by atomic mass is 10.0. The van der Waals surface area contributed by atoms with Crippen molar-refractivity contribution in [3.63, 3.8) is 0 Å². The predicted molar refractivity (Wildman–Crippen MR) is 62.9 cm³/mol. The van der Waals surface area contributed by atoms with Crippen LogP contribution in [-0.2, 0) is 0 Å². The van der Waals surface area contributed by atoms with E-state index in [0.717, 1.165) is 0 Å². The molecule has 0 bridgehead atoms. The molecule has 0 aliphatic carbocycles. The molecule has 1 nitrogen and oxygen atoms in total. The Kier molecular flexibility index (Phi) is 3.03. The summed E-state index contributed by atoms with van der Waals surface area (Å²) in [6.07, 6.45) is 0. The molecule has 0 saturated heterocycles. The second kappa shape index (κ2) is 4.37. The molecule has 0 unspecified atom stereocenters. The van der Waals surface area contributed by atoms with E-state index in [2.05, 4.69) is 0 Å². The highest BCUT2D eigenvalue weighted by atomic mass is 19.2. The van der Waals surface area contributed by atoms with Crippen molar-refractivity contribution in [2.45, 2.75) is 13.8 Å². The monoisotopic (exact) mass is 252 g/mol. The molecule has 1 N–H and O–H groups in total. The SMILES string of the molecule is Cc1ccc(-c2ccc(C)c(F)c2F)c(O)c1F. The number of rotatable bonds is 1. The van der Waals surface area contributed by atoms with Crippen molar-refractivity contribution in [2.24, 2.45) is 0 Å². The molecule has 0 heterocycles. The van der Waals surface area contributed by atoms with Crippen molar-refractivity contribution in [2.75, 3.05) is 0 Å². The van der Waals surface area contributed by atoms with Crippen LogP contribution in [0.3, 0.4) is 0 Å². The molecule has 0 aliphatic rings. The Hall–Kier alpha value is -1.97. The van der Waals surface area contributed by atoms with E-state index >= 15 is 0 Å². The number of aromatic hydroxyl groups is 1. The zero-order valence-corrected chi connectivity index (χ0v) is 9.89. The van der Waals surface area contributed by atoms with E-state index in [4.69, 9.17) is 0 Å². The van der Waals surface area contributed by atoms with Crippen LogP contribution >= 0.6 is 0 Å². The maximum atomic E-state index is 13.8. The van der Waals surface area contributed by atoms with Gasteiger partial charge >= 0.3 is 0 Å². The summed E-state index contributed by atoms with van der Waals surface area (Å²) in [5, 5.41) is 9.65. The maximum Gasteiger partial charge on any atom is 0.168 e. The van der Waals surface area contributed by atoms with E-state index in [0.29, 0.717) is 0 Å². The van der Waals surface area contributed by atoms with Crippen molar-refractivity contribution in [1.82, 2.24) is 0 Å². The minimum atomic E-state index is -1.09. The number of aryl methyl sites for hydroxylation is 2. The lowest BCUT2D eigenvalue weighted by Gasteiger charge is -2.10. The van der Waals surface area contributed by atoms with Crippen molar-refractivity contribution in [3.8, 4) is 16.9 Å². The molecule has 2 aromatic carbocycles. The van der Waals surface area contributed by atoms with Crippen LogP contribution in [0.4, 0.5) is 13.2 Å². The quantitative estimate of drug-likeness (QED) is 0.810. The van der Waals surface area contributed by atoms with Gasteiger partial charge in [0, 0.05) is 11.1 Å². The molecular formula is C14H11F3O. The average Bonchev–Trinajstić information content (AvgIpc) is 2.35. The summed E-state index contributed by atoms with van der Waals surface area (Å²) >= 11 is 0. The lowest BCUT2D eigenvalue weighted by molar-refractivity contribution is 0.431. The Morgan fingerprint density at radius 1 is 0.722 bits per heavy atom. The van der Waals surface area contributed by atoms with Gasteiger partial charge in [-0.2, -0.15) is 0 Å². The number of phenols is 1. The molecule has 0 fully saturated rings. The standard InChI is InChI=1S/C14H11F3O/c1-7-3-5-9(13(17)11(7)15)10-6-4-8(2)12(16)14(10)18/h3-6,18H,1-2H3. The number of hydrogen-bond donors (Lipinski definition) is 1. The normalized spacial score (nSPS) is 10.7. The third kappa shape index (κ3) is 1.83. The molecule has 0 atom stereocenters. The van der Waals surface area contributed by atoms with Gasteiger partial charge in [-0.15, -0.1) is 0 Å². The van der Waals surface area contributed by atoms with Crippen molar-refractivity contribution in [3.05, 3.63) is 52.8 Å². The molecule has 0 saturated carbocycles. The van der Waals surface area contributed by atoms with Gasteiger partial charge in [0.2, 0.25) is 0 Å². The summed E-state index contributed by atoms with van der Waals surface area (Å²) in [7, 11) is 0. The molecule has 18 heavy (non-hydrogen) atoms. The molecule has 2 rings (SSSR count). The summed E-state index contributed by atoms with van der Waals surface area (Å²) in [5.41, 5.74) is 0.177. The summed E-state index contributed by atoms with van der Waals surface area (Å²) in [5.74, 6) is -3.58. The summed E-state index contributed by atoms with van der Waals surface area (Å²) < 4.78 is 40.7. The molecule has 4 heteroatoms. The zero-order valence-electron chi connectivity index (χ0n) is 9.89. The topological polar surface area (TPSA) is 20.2 Å². The van der Waals surface area contributed by atoms with Crippen LogP contribution in [0.25, 0.3) is 11.1 Å². The van der Waals surface area contributed by atoms with Crippen LogP contribution in [0, 0.1) is 31.3 Å². The summed E-state index contributed by atoms with van der Waals surface area (Å²) in [4.78, 5) is 0. The first-order valence-electron chi connectivity index (χ1n) is 5.36. The molecule has 94 valence electrons. The molecular weight excluding hydrogens is 241 g/mol. The highest BCUT2D eigenvalue weighted by molar-refractivity contribution is 5.71. The van der Waals surface area contributed by atoms with Gasteiger partial charge in [0.1, 0.15) is 0 Å². The molecule has 0 aromatic heterocycles. The molecule has 0 aliphatic heterocycles. The largest absolute Gasteiger partial charge is 0.504 e. The lowest BCUT2D eigenvalue weighted by Crippen LogP contribution is -1.95. The second-order valence-electron chi connectivity index (χ2n) is 4.15. The number of phenolic OH excluding ortho intramolecular Hbond substituents is 1. The minimum Gasteiger partial charge on any atom is -0.504 e. The van der Waals surface area contributed by atoms with E-state index in [1.165, 1.54) is 38.1 Å². The van der Waals surface area contributed by atoms with Crippen molar-refractivity contribution >= 4 is 0 Å². The van der Waals surface area contributed by atoms with Gasteiger partial charge in [0.15, 0.2) is 23.2 Å². The predicted octanol–water partition coefficient (Wildman–Crippen LogP) is 4.09. The fourth-order valence-corrected chi connectivity index (χ4v) is 1.74. The first-order chi connectivity index (χ1) is 8.43. The van der Waals surface area contributed by atoms with Crippen molar-refractivity contribution in [1.29, 1.82) is 0 Å². The van der Waals surface area contributed by atoms with Gasteiger partial charge in [-0.05, 0) is 25.0 Å². The first kappa shape index (κ1) is 12.5. The minimum absolute atomic E-state index is 0.0606. The third-order valence-electron chi connectivity index (χ3n) is 2.87. The van der Waals surface area contributed by atoms with E-state index in [1.54, 1.807) is 0 Å². The molecule has 0 amide bonds. The maximum absolute atomic E-state index is 13.8. The highest BCUT2D eigenvalue weighted by Crippen LogP contribution is 2.35. The van der Waals surface area contributed by atoms with Gasteiger partial charge in [0.25, 0.3) is 0 Å². The summed E-state index contributed by atoms with van der Waals surface area (Å²) in [6, 6.07) is 5.46. The molecule has 0 radical (unpaired) electrons. The smallest absolute Gasteiger partial charge is 0.168 e. The van der Waals surface area contributed by atoms with Crippen LogP contribution in [0.1, 0.15) is 11.1 Å². The third-order valence-corrected chi connectivity index (χ3v) is 2.87. The Labute approximate surface area is 103 Å². The number of benzene rings is 2. The zero-order chi connectivity index (χ0) is 13.4. The fourth-order valence-electron chi connectivity index (χ4n) is 1.74. The number of halogens is 3. The second-order valence-corrected chi connectivity index (χ2v) is 4.15. The van der Waals surface area contributed by atoms with Crippen LogP contribution in [0.15, 0.2) is 24.3 Å².